The van der Waals surface area contributed by atoms with Crippen molar-refractivity contribution < 1.29 is 14.2 Å². The minimum absolute atomic E-state index is 0.242. The fraction of sp³-hybridized carbons (Fsp3) is 0.471. The first kappa shape index (κ1) is 16.5. The average molecular weight is 414 g/mol. The van der Waals surface area contributed by atoms with E-state index in [4.69, 9.17) is 25.8 Å². The molecule has 1 fully saturated rings. The zero-order chi connectivity index (χ0) is 16.7. The Morgan fingerprint density at radius 1 is 1.33 bits per heavy atom. The third-order valence-corrected chi connectivity index (χ3v) is 6.13. The minimum Gasteiger partial charge on any atom is -0.476 e. The first-order valence-electron chi connectivity index (χ1n) is 7.93. The van der Waals surface area contributed by atoms with Crippen molar-refractivity contribution in [2.75, 3.05) is 33.4 Å². The van der Waals surface area contributed by atoms with Crippen LogP contribution in [0, 0.1) is 0 Å². The molecule has 2 aliphatic rings. The fourth-order valence-electron chi connectivity index (χ4n) is 3.13. The predicted octanol–water partition coefficient (Wildman–Crippen LogP) is 3.39. The summed E-state index contributed by atoms with van der Waals surface area (Å²) in [5.74, 6) is 0.578. The molecule has 128 valence electrons. The van der Waals surface area contributed by atoms with Crippen molar-refractivity contribution in [2.45, 2.75) is 19.3 Å². The van der Waals surface area contributed by atoms with Gasteiger partial charge in [0.25, 0.3) is 0 Å². The van der Waals surface area contributed by atoms with E-state index >= 15 is 0 Å². The molecule has 1 atom stereocenters. The van der Waals surface area contributed by atoms with Gasteiger partial charge in [0, 0.05) is 22.5 Å². The van der Waals surface area contributed by atoms with Gasteiger partial charge in [-0.15, -0.1) is 0 Å². The van der Waals surface area contributed by atoms with Crippen LogP contribution in [0.5, 0.6) is 5.88 Å². The van der Waals surface area contributed by atoms with E-state index < -0.39 is 0 Å². The smallest absolute Gasteiger partial charge is 0.213 e. The number of halogens is 2. The highest BCUT2D eigenvalue weighted by molar-refractivity contribution is 9.10. The number of morpholine rings is 1. The van der Waals surface area contributed by atoms with Gasteiger partial charge in [-0.05, 0) is 40.2 Å². The molecule has 1 aromatic heterocycles. The lowest BCUT2D eigenvalue weighted by Gasteiger charge is -2.31. The Hall–Kier alpha value is -0.920. The Morgan fingerprint density at radius 2 is 2.17 bits per heavy atom. The molecule has 0 radical (unpaired) electrons. The zero-order valence-electron chi connectivity index (χ0n) is 13.3. The van der Waals surface area contributed by atoms with Crippen LogP contribution in [-0.4, -0.2) is 49.3 Å². The van der Waals surface area contributed by atoms with Gasteiger partial charge in [-0.3, -0.25) is 4.90 Å². The fourth-order valence-corrected chi connectivity index (χ4v) is 3.93. The quantitative estimate of drug-likeness (QED) is 0.772. The molecule has 4 rings (SSSR count). The highest BCUT2D eigenvalue weighted by Crippen LogP contribution is 2.40. The lowest BCUT2D eigenvalue weighted by atomic mass is 10.0. The number of nitrogens with zero attached hydrogens (tertiary/aromatic N) is 2. The Bertz CT molecular complexity index is 786. The maximum absolute atomic E-state index is 6.50. The van der Waals surface area contributed by atoms with Gasteiger partial charge < -0.3 is 14.2 Å². The van der Waals surface area contributed by atoms with Crippen LogP contribution in [-0.2, 0) is 22.7 Å². The molecule has 0 unspecified atom stereocenters. The van der Waals surface area contributed by atoms with E-state index in [1.54, 1.807) is 0 Å². The lowest BCUT2D eigenvalue weighted by molar-refractivity contribution is -0.0113. The number of hydrogen-bond acceptors (Lipinski definition) is 5. The van der Waals surface area contributed by atoms with Crippen LogP contribution in [0.3, 0.4) is 0 Å². The second kappa shape index (κ2) is 6.77. The van der Waals surface area contributed by atoms with Crippen LogP contribution < -0.4 is 4.74 Å². The first-order chi connectivity index (χ1) is 11.6. The maximum Gasteiger partial charge on any atom is 0.213 e. The van der Waals surface area contributed by atoms with Crippen molar-refractivity contribution in [2.24, 2.45) is 0 Å². The SMILES string of the molecule is CN1CCOC[C@H]1COc1ccc2c3c(c(Br)c(Cl)c2n1)COC3. The van der Waals surface area contributed by atoms with Gasteiger partial charge in [0.1, 0.15) is 6.61 Å². The van der Waals surface area contributed by atoms with Gasteiger partial charge in [-0.2, -0.15) is 0 Å². The molecule has 24 heavy (non-hydrogen) atoms. The number of hydrogen-bond donors (Lipinski definition) is 0. The third kappa shape index (κ3) is 2.91. The van der Waals surface area contributed by atoms with E-state index in [0.29, 0.717) is 37.3 Å². The van der Waals surface area contributed by atoms with Gasteiger partial charge >= 0.3 is 0 Å². The number of pyridine rings is 1. The first-order valence-corrected chi connectivity index (χ1v) is 9.10. The molecule has 2 aromatic rings. The van der Waals surface area contributed by atoms with Crippen LogP contribution in [0.2, 0.25) is 5.02 Å². The Morgan fingerprint density at radius 3 is 3.00 bits per heavy atom. The number of aromatic nitrogens is 1. The number of benzene rings is 1. The molecular weight excluding hydrogens is 396 g/mol. The van der Waals surface area contributed by atoms with Gasteiger partial charge in [-0.1, -0.05) is 11.6 Å². The molecule has 0 bridgehead atoms. The molecule has 3 heterocycles. The largest absolute Gasteiger partial charge is 0.476 e. The van der Waals surface area contributed by atoms with E-state index in [1.807, 2.05) is 12.1 Å². The van der Waals surface area contributed by atoms with Crippen molar-refractivity contribution >= 4 is 38.4 Å². The van der Waals surface area contributed by atoms with Crippen LogP contribution >= 0.6 is 27.5 Å². The van der Waals surface area contributed by atoms with Gasteiger partial charge in [-0.25, -0.2) is 4.98 Å². The monoisotopic (exact) mass is 412 g/mol. The molecule has 0 amide bonds. The standard InChI is InChI=1S/C17H18BrClN2O3/c1-21-4-5-22-6-10(21)7-24-14-3-2-11-12-8-23-9-13(12)15(18)16(19)17(11)20-14/h2-3,10H,4-9H2,1H3/t10-/m0/s1. The zero-order valence-corrected chi connectivity index (χ0v) is 15.7. The molecule has 2 aliphatic heterocycles. The van der Waals surface area contributed by atoms with Crippen LogP contribution in [0.1, 0.15) is 11.1 Å². The van der Waals surface area contributed by atoms with Crippen molar-refractivity contribution in [3.8, 4) is 5.88 Å². The van der Waals surface area contributed by atoms with Crippen molar-refractivity contribution in [3.63, 3.8) is 0 Å². The molecule has 1 aromatic carbocycles. The average Bonchev–Trinajstić information content (AvgIpc) is 3.09. The minimum atomic E-state index is 0.242. The molecule has 1 saturated heterocycles. The second-order valence-corrected chi connectivity index (χ2v) is 7.31. The summed E-state index contributed by atoms with van der Waals surface area (Å²) in [5, 5.41) is 1.64. The van der Waals surface area contributed by atoms with Crippen molar-refractivity contribution in [3.05, 3.63) is 32.8 Å². The molecule has 0 aliphatic carbocycles. The lowest BCUT2D eigenvalue weighted by Crippen LogP contribution is -2.46. The van der Waals surface area contributed by atoms with E-state index in [1.165, 1.54) is 0 Å². The van der Waals surface area contributed by atoms with Crippen molar-refractivity contribution in [1.82, 2.24) is 9.88 Å². The van der Waals surface area contributed by atoms with E-state index in [0.717, 1.165) is 39.7 Å². The summed E-state index contributed by atoms with van der Waals surface area (Å²) in [4.78, 5) is 6.87. The summed E-state index contributed by atoms with van der Waals surface area (Å²) in [5.41, 5.74) is 3.02. The van der Waals surface area contributed by atoms with Gasteiger partial charge in [0.15, 0.2) is 0 Å². The van der Waals surface area contributed by atoms with E-state index in [-0.39, 0.29) is 6.04 Å². The molecular formula is C17H18BrClN2O3. The predicted molar refractivity (Wildman–Crippen MR) is 95.7 cm³/mol. The number of fused-ring (bicyclic) bond motifs is 3. The summed E-state index contributed by atoms with van der Waals surface area (Å²) >= 11 is 10.1. The van der Waals surface area contributed by atoms with E-state index in [2.05, 4.69) is 32.9 Å². The Kier molecular flexibility index (Phi) is 4.66. The van der Waals surface area contributed by atoms with Gasteiger partial charge in [0.05, 0.1) is 43.0 Å². The molecule has 0 N–H and O–H groups in total. The second-order valence-electron chi connectivity index (χ2n) is 6.14. The number of ether oxygens (including phenoxy) is 3. The number of likely N-dealkylation sites (N-methyl/N-ethyl adjacent to an activating group) is 1. The van der Waals surface area contributed by atoms with Crippen LogP contribution in [0.4, 0.5) is 0 Å². The molecule has 5 nitrogen and oxygen atoms in total. The topological polar surface area (TPSA) is 43.8 Å². The molecule has 0 spiro atoms. The normalized spacial score (nSPS) is 21.2. The van der Waals surface area contributed by atoms with Gasteiger partial charge in [0.2, 0.25) is 5.88 Å². The summed E-state index contributed by atoms with van der Waals surface area (Å²) in [7, 11) is 2.08. The Balaban J connectivity index is 1.61. The summed E-state index contributed by atoms with van der Waals surface area (Å²) in [6, 6.07) is 4.16. The highest BCUT2D eigenvalue weighted by Gasteiger charge is 2.23. The molecule has 0 saturated carbocycles. The summed E-state index contributed by atoms with van der Waals surface area (Å²) < 4.78 is 17.8. The summed E-state index contributed by atoms with van der Waals surface area (Å²) in [6.07, 6.45) is 0. The Labute approximate surface area is 154 Å². The van der Waals surface area contributed by atoms with E-state index in [9.17, 15) is 0 Å². The molecule has 7 heteroatoms. The van der Waals surface area contributed by atoms with Crippen molar-refractivity contribution in [1.29, 1.82) is 0 Å². The highest BCUT2D eigenvalue weighted by atomic mass is 79.9. The number of rotatable bonds is 3. The van der Waals surface area contributed by atoms with Crippen LogP contribution in [0.15, 0.2) is 16.6 Å². The maximum atomic E-state index is 6.50. The third-order valence-electron chi connectivity index (χ3n) is 4.66. The summed E-state index contributed by atoms with van der Waals surface area (Å²) in [6.45, 7) is 4.09. The van der Waals surface area contributed by atoms with Crippen LogP contribution in [0.25, 0.3) is 10.9 Å².